The molecule has 0 aliphatic heterocycles. The Morgan fingerprint density at radius 3 is 2.46 bits per heavy atom. The van der Waals surface area contributed by atoms with Gasteiger partial charge < -0.3 is 9.84 Å². The van der Waals surface area contributed by atoms with E-state index in [9.17, 15) is 10.1 Å². The van der Waals surface area contributed by atoms with Crippen LogP contribution in [-0.4, -0.2) is 17.7 Å². The maximum atomic E-state index is 10.9. The Labute approximate surface area is 148 Å². The van der Waals surface area contributed by atoms with Crippen LogP contribution in [0, 0.1) is 11.3 Å². The highest BCUT2D eigenvalue weighted by Crippen LogP contribution is 2.28. The molecule has 0 amide bonds. The van der Waals surface area contributed by atoms with Crippen LogP contribution >= 0.6 is 15.9 Å². The van der Waals surface area contributed by atoms with Crippen LogP contribution in [0.4, 0.5) is 0 Å². The topological polar surface area (TPSA) is 70.3 Å². The third kappa shape index (κ3) is 4.34. The average Bonchev–Trinajstić information content (AvgIpc) is 2.59. The molecule has 0 atom stereocenters. The van der Waals surface area contributed by atoms with Gasteiger partial charge in [-0.25, -0.2) is 4.79 Å². The van der Waals surface area contributed by atoms with Crippen molar-refractivity contribution in [2.45, 2.75) is 0 Å². The highest BCUT2D eigenvalue weighted by molar-refractivity contribution is 9.10. The van der Waals surface area contributed by atoms with Crippen LogP contribution in [0.15, 0.2) is 59.6 Å². The van der Waals surface area contributed by atoms with Gasteiger partial charge in [0.1, 0.15) is 12.4 Å². The fraction of sp³-hybridized carbons (Fsp3) is 0.0526. The number of halogens is 1. The summed E-state index contributed by atoms with van der Waals surface area (Å²) < 4.78 is 6.26. The van der Waals surface area contributed by atoms with E-state index >= 15 is 0 Å². The summed E-state index contributed by atoms with van der Waals surface area (Å²) in [5.74, 6) is -0.306. The monoisotopic (exact) mass is 383 g/mol. The molecule has 0 unspecified atom stereocenters. The molecule has 0 heterocycles. The largest absolute Gasteiger partial charge is 0.488 e. The molecule has 1 N–H and O–H groups in total. The number of carboxylic acid groups (broad SMARTS) is 1. The van der Waals surface area contributed by atoms with Crippen molar-refractivity contribution in [3.8, 4) is 11.8 Å². The second kappa shape index (κ2) is 8.14. The molecule has 120 valence electrons. The maximum Gasteiger partial charge on any atom is 0.335 e. The maximum absolute atomic E-state index is 10.9. The molecule has 5 heteroatoms. The average molecular weight is 384 g/mol. The summed E-state index contributed by atoms with van der Waals surface area (Å²) in [5, 5.41) is 18.3. The Hall–Kier alpha value is -2.84. The smallest absolute Gasteiger partial charge is 0.335 e. The number of nitriles is 1. The van der Waals surface area contributed by atoms with Gasteiger partial charge in [-0.2, -0.15) is 5.26 Å². The minimum atomic E-state index is -0.997. The van der Waals surface area contributed by atoms with Crippen molar-refractivity contribution in [1.82, 2.24) is 0 Å². The lowest BCUT2D eigenvalue weighted by Gasteiger charge is -2.07. The van der Waals surface area contributed by atoms with E-state index in [-0.39, 0.29) is 5.56 Å². The molecule has 2 rings (SSSR count). The lowest BCUT2D eigenvalue weighted by molar-refractivity contribution is 0.0697. The third-order valence-electron chi connectivity index (χ3n) is 3.19. The number of allylic oxidation sites excluding steroid dienone is 1. The zero-order chi connectivity index (χ0) is 17.5. The molecule has 4 nitrogen and oxygen atoms in total. The number of carboxylic acids is 1. The number of rotatable bonds is 6. The van der Waals surface area contributed by atoms with Crippen LogP contribution in [0.25, 0.3) is 11.6 Å². The quantitative estimate of drug-likeness (QED) is 0.442. The SMILES string of the molecule is C=CCOc1ccc(C=C(C#N)c2ccc(C(=O)O)cc2)cc1Br. The number of benzene rings is 2. The van der Waals surface area contributed by atoms with Gasteiger partial charge in [-0.05, 0) is 57.4 Å². The zero-order valence-electron chi connectivity index (χ0n) is 12.7. The van der Waals surface area contributed by atoms with Crippen molar-refractivity contribution in [2.75, 3.05) is 6.61 Å². The van der Waals surface area contributed by atoms with E-state index in [1.54, 1.807) is 24.3 Å². The number of nitrogens with zero attached hydrogens (tertiary/aromatic N) is 1. The molecule has 0 bridgehead atoms. The van der Waals surface area contributed by atoms with Crippen molar-refractivity contribution in [2.24, 2.45) is 0 Å². The van der Waals surface area contributed by atoms with Crippen LogP contribution in [0.5, 0.6) is 5.75 Å². The van der Waals surface area contributed by atoms with Crippen LogP contribution in [-0.2, 0) is 0 Å². The Morgan fingerprint density at radius 2 is 1.92 bits per heavy atom. The summed E-state index contributed by atoms with van der Waals surface area (Å²) in [5.41, 5.74) is 2.11. The molecule has 24 heavy (non-hydrogen) atoms. The molecule has 0 aliphatic rings. The standard InChI is InChI=1S/C19H14BrNO3/c1-2-9-24-18-8-3-13(11-17(18)20)10-16(12-21)14-4-6-15(7-5-14)19(22)23/h2-8,10-11H,1,9H2,(H,22,23). The molecule has 2 aromatic rings. The van der Waals surface area contributed by atoms with Gasteiger partial charge >= 0.3 is 5.97 Å². The van der Waals surface area contributed by atoms with E-state index in [1.165, 1.54) is 12.1 Å². The van der Waals surface area contributed by atoms with E-state index in [4.69, 9.17) is 9.84 Å². The first-order chi connectivity index (χ1) is 11.5. The van der Waals surface area contributed by atoms with Gasteiger partial charge in [0, 0.05) is 0 Å². The van der Waals surface area contributed by atoms with Crippen molar-refractivity contribution in [1.29, 1.82) is 5.26 Å². The van der Waals surface area contributed by atoms with E-state index < -0.39 is 5.97 Å². The van der Waals surface area contributed by atoms with E-state index in [2.05, 4.69) is 28.6 Å². The zero-order valence-corrected chi connectivity index (χ0v) is 14.3. The molecule has 0 saturated heterocycles. The summed E-state index contributed by atoms with van der Waals surface area (Å²) >= 11 is 3.43. The molecule has 0 fully saturated rings. The molecular formula is C19H14BrNO3. The molecule has 0 aromatic heterocycles. The summed E-state index contributed by atoms with van der Waals surface area (Å²) in [6.45, 7) is 4.01. The third-order valence-corrected chi connectivity index (χ3v) is 3.81. The highest BCUT2D eigenvalue weighted by atomic mass is 79.9. The second-order valence-corrected chi connectivity index (χ2v) is 5.70. The molecular weight excluding hydrogens is 370 g/mol. The fourth-order valence-electron chi connectivity index (χ4n) is 2.01. The first-order valence-corrected chi connectivity index (χ1v) is 7.83. The predicted molar refractivity (Wildman–Crippen MR) is 96.7 cm³/mol. The lowest BCUT2D eigenvalue weighted by atomic mass is 10.0. The first kappa shape index (κ1) is 17.5. The van der Waals surface area contributed by atoms with Crippen molar-refractivity contribution >= 4 is 33.5 Å². The van der Waals surface area contributed by atoms with Crippen LogP contribution < -0.4 is 4.74 Å². The molecule has 0 radical (unpaired) electrons. The van der Waals surface area contributed by atoms with Crippen molar-refractivity contribution < 1.29 is 14.6 Å². The number of aromatic carboxylic acids is 1. The van der Waals surface area contributed by atoms with E-state index in [0.717, 1.165) is 10.0 Å². The van der Waals surface area contributed by atoms with Gasteiger partial charge in [0.25, 0.3) is 0 Å². The van der Waals surface area contributed by atoms with Crippen molar-refractivity contribution in [3.63, 3.8) is 0 Å². The Balaban J connectivity index is 2.30. The molecule has 0 saturated carbocycles. The van der Waals surface area contributed by atoms with Gasteiger partial charge in [-0.15, -0.1) is 0 Å². The second-order valence-electron chi connectivity index (χ2n) is 4.84. The van der Waals surface area contributed by atoms with E-state index in [0.29, 0.717) is 23.5 Å². The lowest BCUT2D eigenvalue weighted by Crippen LogP contribution is -1.95. The molecule has 2 aromatic carbocycles. The normalized spacial score (nSPS) is 10.8. The summed E-state index contributed by atoms with van der Waals surface area (Å²) in [6, 6.07) is 13.8. The predicted octanol–water partition coefficient (Wildman–Crippen LogP) is 4.78. The van der Waals surface area contributed by atoms with Crippen LogP contribution in [0.2, 0.25) is 0 Å². The minimum absolute atomic E-state index is 0.183. The number of hydrogen-bond acceptors (Lipinski definition) is 3. The summed E-state index contributed by atoms with van der Waals surface area (Å²) in [7, 11) is 0. The Bertz CT molecular complexity index is 833. The van der Waals surface area contributed by atoms with Gasteiger partial charge in [-0.3, -0.25) is 0 Å². The summed E-state index contributed by atoms with van der Waals surface area (Å²) in [6.07, 6.45) is 3.40. The van der Waals surface area contributed by atoms with Gasteiger partial charge in [0.15, 0.2) is 0 Å². The van der Waals surface area contributed by atoms with Gasteiger partial charge in [0.05, 0.1) is 21.7 Å². The molecule has 0 spiro atoms. The summed E-state index contributed by atoms with van der Waals surface area (Å²) in [4.78, 5) is 10.9. The molecule has 0 aliphatic carbocycles. The number of hydrogen-bond donors (Lipinski definition) is 1. The van der Waals surface area contributed by atoms with Gasteiger partial charge in [0.2, 0.25) is 0 Å². The van der Waals surface area contributed by atoms with Crippen molar-refractivity contribution in [3.05, 3.63) is 76.3 Å². The Kier molecular flexibility index (Phi) is 5.94. The first-order valence-electron chi connectivity index (χ1n) is 7.04. The number of carbonyl (C=O) groups is 1. The Morgan fingerprint density at radius 1 is 1.25 bits per heavy atom. The van der Waals surface area contributed by atoms with Gasteiger partial charge in [-0.1, -0.05) is 30.9 Å². The highest BCUT2D eigenvalue weighted by Gasteiger charge is 2.06. The minimum Gasteiger partial charge on any atom is -0.488 e. The van der Waals surface area contributed by atoms with Crippen LogP contribution in [0.3, 0.4) is 0 Å². The number of ether oxygens (including phenoxy) is 1. The van der Waals surface area contributed by atoms with Crippen LogP contribution in [0.1, 0.15) is 21.5 Å². The fourth-order valence-corrected chi connectivity index (χ4v) is 2.52. The van der Waals surface area contributed by atoms with E-state index in [1.807, 2.05) is 18.2 Å².